The fourth-order valence-electron chi connectivity index (χ4n) is 5.70. The maximum Gasteiger partial charge on any atom is 0.259 e. The van der Waals surface area contributed by atoms with Crippen molar-refractivity contribution in [2.75, 3.05) is 33.4 Å². The summed E-state index contributed by atoms with van der Waals surface area (Å²) in [5.41, 5.74) is 4.00. The van der Waals surface area contributed by atoms with Gasteiger partial charge in [0.05, 0.1) is 13.4 Å². The quantitative estimate of drug-likeness (QED) is 0.378. The minimum atomic E-state index is -3.65. The summed E-state index contributed by atoms with van der Waals surface area (Å²) in [6, 6.07) is 15.2. The summed E-state index contributed by atoms with van der Waals surface area (Å²) in [7, 11) is -0.204. The SMILES string of the molecule is COc1cccc(CC2c3cc(OCCNS(=O)(=O)c4cn(C)cn4)ccc3CCC2N2CCCC2)c1.Cl. The normalized spacial score (nSPS) is 19.5. The van der Waals surface area contributed by atoms with E-state index in [9.17, 15) is 8.42 Å². The summed E-state index contributed by atoms with van der Waals surface area (Å²) < 4.78 is 40.5. The van der Waals surface area contributed by atoms with Crippen molar-refractivity contribution in [1.29, 1.82) is 0 Å². The number of aromatic nitrogens is 2. The maximum absolute atomic E-state index is 12.4. The van der Waals surface area contributed by atoms with Gasteiger partial charge in [-0.2, -0.15) is 0 Å². The van der Waals surface area contributed by atoms with Gasteiger partial charge in [0.1, 0.15) is 18.1 Å². The van der Waals surface area contributed by atoms with Gasteiger partial charge < -0.3 is 14.0 Å². The van der Waals surface area contributed by atoms with E-state index >= 15 is 0 Å². The van der Waals surface area contributed by atoms with Crippen LogP contribution in [0.1, 0.15) is 41.9 Å². The van der Waals surface area contributed by atoms with Gasteiger partial charge in [-0.05, 0) is 86.1 Å². The van der Waals surface area contributed by atoms with Crippen molar-refractivity contribution < 1.29 is 17.9 Å². The smallest absolute Gasteiger partial charge is 0.259 e. The first kappa shape index (κ1) is 28.4. The lowest BCUT2D eigenvalue weighted by Gasteiger charge is -2.39. The highest BCUT2D eigenvalue weighted by molar-refractivity contribution is 7.89. The molecule has 1 fully saturated rings. The second-order valence-electron chi connectivity index (χ2n) is 10.00. The summed E-state index contributed by atoms with van der Waals surface area (Å²) in [5.74, 6) is 2.02. The van der Waals surface area contributed by atoms with Crippen molar-refractivity contribution in [2.45, 2.75) is 49.1 Å². The molecule has 206 valence electrons. The number of ether oxygens (including phenoxy) is 2. The van der Waals surface area contributed by atoms with Crippen LogP contribution in [0.3, 0.4) is 0 Å². The molecule has 1 saturated heterocycles. The van der Waals surface area contributed by atoms with Crippen molar-refractivity contribution in [2.24, 2.45) is 7.05 Å². The van der Waals surface area contributed by atoms with Crippen LogP contribution >= 0.6 is 12.4 Å². The average Bonchev–Trinajstić information content (AvgIpc) is 3.60. The monoisotopic (exact) mass is 560 g/mol. The summed E-state index contributed by atoms with van der Waals surface area (Å²) in [5, 5.41) is 0.0112. The zero-order valence-electron chi connectivity index (χ0n) is 22.0. The van der Waals surface area contributed by atoms with E-state index in [1.807, 2.05) is 12.1 Å². The summed E-state index contributed by atoms with van der Waals surface area (Å²) in [6.45, 7) is 2.74. The van der Waals surface area contributed by atoms with E-state index in [0.717, 1.165) is 30.8 Å². The van der Waals surface area contributed by atoms with Crippen LogP contribution in [0.4, 0.5) is 0 Å². The molecule has 2 atom stereocenters. The van der Waals surface area contributed by atoms with E-state index in [0.29, 0.717) is 12.0 Å². The zero-order valence-corrected chi connectivity index (χ0v) is 23.6. The van der Waals surface area contributed by atoms with Gasteiger partial charge in [-0.15, -0.1) is 12.4 Å². The Bertz CT molecular complexity index is 1320. The molecule has 1 aromatic heterocycles. The number of aryl methyl sites for hydroxylation is 2. The van der Waals surface area contributed by atoms with Gasteiger partial charge in [0, 0.05) is 31.7 Å². The minimum absolute atomic E-state index is 0. The number of methoxy groups -OCH3 is 1. The third kappa shape index (κ3) is 6.51. The predicted octanol–water partition coefficient (Wildman–Crippen LogP) is 3.94. The number of hydrogen-bond donors (Lipinski definition) is 1. The highest BCUT2D eigenvalue weighted by atomic mass is 35.5. The van der Waals surface area contributed by atoms with Crippen molar-refractivity contribution in [3.63, 3.8) is 0 Å². The Hall–Kier alpha value is -2.59. The average molecular weight is 561 g/mol. The van der Waals surface area contributed by atoms with Crippen LogP contribution in [-0.4, -0.2) is 62.3 Å². The van der Waals surface area contributed by atoms with E-state index < -0.39 is 10.0 Å². The predicted molar refractivity (Wildman–Crippen MR) is 150 cm³/mol. The lowest BCUT2D eigenvalue weighted by atomic mass is 9.75. The molecular formula is C28H37ClN4O4S. The lowest BCUT2D eigenvalue weighted by molar-refractivity contribution is 0.188. The summed E-state index contributed by atoms with van der Waals surface area (Å²) in [4.78, 5) is 6.60. The molecule has 3 aromatic rings. The number of sulfonamides is 1. The first-order valence-corrected chi connectivity index (χ1v) is 14.5. The number of fused-ring (bicyclic) bond motifs is 1. The molecule has 1 aliphatic carbocycles. The Morgan fingerprint density at radius 3 is 2.66 bits per heavy atom. The van der Waals surface area contributed by atoms with Crippen LogP contribution in [-0.2, 0) is 29.9 Å². The highest BCUT2D eigenvalue weighted by Gasteiger charge is 2.35. The number of rotatable bonds is 10. The first-order chi connectivity index (χ1) is 17.9. The van der Waals surface area contributed by atoms with E-state index in [1.165, 1.54) is 55.1 Å². The Morgan fingerprint density at radius 1 is 1.11 bits per heavy atom. The largest absolute Gasteiger partial charge is 0.497 e. The van der Waals surface area contributed by atoms with Gasteiger partial charge in [-0.3, -0.25) is 4.90 Å². The standard InChI is InChI=1S/C28H36N4O4S.ClH/c1-31-19-28(29-20-31)37(33,34)30-12-15-36-24-10-8-22-9-11-27(32-13-3-4-14-32)26(25(22)18-24)17-21-6-5-7-23(16-21)35-2;/h5-8,10,16,18-20,26-27,30H,3-4,9,11-15,17H2,1-2H3;1H. The molecule has 2 heterocycles. The van der Waals surface area contributed by atoms with Crippen LogP contribution in [0.25, 0.3) is 0 Å². The third-order valence-corrected chi connectivity index (χ3v) is 8.86. The first-order valence-electron chi connectivity index (χ1n) is 13.0. The zero-order chi connectivity index (χ0) is 25.8. The number of nitrogens with one attached hydrogen (secondary N) is 1. The molecule has 0 saturated carbocycles. The molecule has 2 aromatic carbocycles. The second kappa shape index (κ2) is 12.5. The van der Waals surface area contributed by atoms with Crippen LogP contribution < -0.4 is 14.2 Å². The maximum atomic E-state index is 12.4. The molecule has 5 rings (SSSR count). The molecule has 38 heavy (non-hydrogen) atoms. The molecule has 1 N–H and O–H groups in total. The Kier molecular flexibility index (Phi) is 9.36. The van der Waals surface area contributed by atoms with Gasteiger partial charge in [0.2, 0.25) is 0 Å². The topological polar surface area (TPSA) is 85.7 Å². The van der Waals surface area contributed by atoms with Crippen LogP contribution in [0, 0.1) is 0 Å². The highest BCUT2D eigenvalue weighted by Crippen LogP contribution is 2.40. The molecule has 10 heteroatoms. The van der Waals surface area contributed by atoms with E-state index in [2.05, 4.69) is 44.9 Å². The van der Waals surface area contributed by atoms with Gasteiger partial charge in [0.15, 0.2) is 5.03 Å². The van der Waals surface area contributed by atoms with E-state index in [1.54, 1.807) is 18.7 Å². The molecule has 2 unspecified atom stereocenters. The van der Waals surface area contributed by atoms with Crippen molar-refractivity contribution in [3.8, 4) is 11.5 Å². The van der Waals surface area contributed by atoms with Crippen molar-refractivity contribution in [1.82, 2.24) is 19.2 Å². The van der Waals surface area contributed by atoms with Crippen molar-refractivity contribution in [3.05, 3.63) is 71.7 Å². The van der Waals surface area contributed by atoms with Gasteiger partial charge >= 0.3 is 0 Å². The number of imidazole rings is 1. The van der Waals surface area contributed by atoms with Gasteiger partial charge in [-0.25, -0.2) is 18.1 Å². The number of likely N-dealkylation sites (tertiary alicyclic amines) is 1. The fraction of sp³-hybridized carbons (Fsp3) is 0.464. The number of halogens is 1. The molecule has 0 amide bonds. The Labute approximate surface area is 231 Å². The molecule has 1 aliphatic heterocycles. The van der Waals surface area contributed by atoms with E-state index in [4.69, 9.17) is 9.47 Å². The fourth-order valence-corrected chi connectivity index (χ4v) is 6.69. The summed E-state index contributed by atoms with van der Waals surface area (Å²) >= 11 is 0. The van der Waals surface area contributed by atoms with Crippen LogP contribution in [0.2, 0.25) is 0 Å². The van der Waals surface area contributed by atoms with Gasteiger partial charge in [0.25, 0.3) is 10.0 Å². The number of hydrogen-bond acceptors (Lipinski definition) is 6. The lowest BCUT2D eigenvalue weighted by Crippen LogP contribution is -2.41. The Morgan fingerprint density at radius 2 is 1.92 bits per heavy atom. The number of nitrogens with zero attached hydrogens (tertiary/aromatic N) is 3. The molecule has 0 bridgehead atoms. The van der Waals surface area contributed by atoms with Crippen LogP contribution in [0.5, 0.6) is 11.5 Å². The third-order valence-electron chi connectivity index (χ3n) is 7.51. The molecule has 2 aliphatic rings. The van der Waals surface area contributed by atoms with E-state index in [-0.39, 0.29) is 30.6 Å². The van der Waals surface area contributed by atoms with Crippen LogP contribution in [0.15, 0.2) is 60.0 Å². The Balaban J connectivity index is 0.00000336. The number of benzene rings is 2. The summed E-state index contributed by atoms with van der Waals surface area (Å²) in [6.07, 6.45) is 8.66. The van der Waals surface area contributed by atoms with Crippen molar-refractivity contribution >= 4 is 22.4 Å². The second-order valence-corrected chi connectivity index (χ2v) is 11.7. The van der Waals surface area contributed by atoms with Gasteiger partial charge in [-0.1, -0.05) is 18.2 Å². The molecule has 0 spiro atoms. The minimum Gasteiger partial charge on any atom is -0.497 e. The molecule has 8 nitrogen and oxygen atoms in total. The molecule has 0 radical (unpaired) electrons. The molecular weight excluding hydrogens is 524 g/mol.